The second-order valence-corrected chi connectivity index (χ2v) is 6.29. The summed E-state index contributed by atoms with van der Waals surface area (Å²) in [5.41, 5.74) is 2.72. The van der Waals surface area contributed by atoms with Crippen molar-refractivity contribution in [1.29, 1.82) is 0 Å². The van der Waals surface area contributed by atoms with Gasteiger partial charge in [-0.1, -0.05) is 19.1 Å². The SMILES string of the molecule is CCc1csc(CNC(=O)c2ccc(Cn3nnnc3C)cc2)n1. The fourth-order valence-electron chi connectivity index (χ4n) is 2.18. The average molecular weight is 342 g/mol. The molecule has 8 heteroatoms. The summed E-state index contributed by atoms with van der Waals surface area (Å²) in [7, 11) is 0. The number of nitrogens with zero attached hydrogens (tertiary/aromatic N) is 5. The smallest absolute Gasteiger partial charge is 0.251 e. The molecule has 2 heterocycles. The lowest BCUT2D eigenvalue weighted by molar-refractivity contribution is 0.0951. The molecule has 0 atom stereocenters. The van der Waals surface area contributed by atoms with Crippen molar-refractivity contribution in [2.45, 2.75) is 33.4 Å². The molecule has 0 saturated carbocycles. The molecule has 24 heavy (non-hydrogen) atoms. The highest BCUT2D eigenvalue weighted by molar-refractivity contribution is 7.09. The molecule has 124 valence electrons. The number of carbonyl (C=O) groups excluding carboxylic acids is 1. The third kappa shape index (κ3) is 3.83. The lowest BCUT2D eigenvalue weighted by Gasteiger charge is -2.05. The Hall–Kier alpha value is -2.61. The molecular weight excluding hydrogens is 324 g/mol. The van der Waals surface area contributed by atoms with Crippen molar-refractivity contribution < 1.29 is 4.79 Å². The molecule has 0 unspecified atom stereocenters. The highest BCUT2D eigenvalue weighted by Crippen LogP contribution is 2.11. The minimum Gasteiger partial charge on any atom is -0.346 e. The first-order valence-electron chi connectivity index (χ1n) is 7.69. The van der Waals surface area contributed by atoms with Gasteiger partial charge in [-0.3, -0.25) is 4.79 Å². The van der Waals surface area contributed by atoms with Gasteiger partial charge in [-0.25, -0.2) is 9.67 Å². The van der Waals surface area contributed by atoms with Gasteiger partial charge in [0.1, 0.15) is 10.8 Å². The van der Waals surface area contributed by atoms with Crippen LogP contribution in [0.4, 0.5) is 0 Å². The number of nitrogens with one attached hydrogen (secondary N) is 1. The van der Waals surface area contributed by atoms with Gasteiger partial charge >= 0.3 is 0 Å². The van der Waals surface area contributed by atoms with Crippen LogP contribution in [-0.4, -0.2) is 31.1 Å². The second-order valence-electron chi connectivity index (χ2n) is 5.35. The molecule has 1 N–H and O–H groups in total. The molecule has 1 aromatic carbocycles. The van der Waals surface area contributed by atoms with Gasteiger partial charge in [-0.05, 0) is 41.5 Å². The summed E-state index contributed by atoms with van der Waals surface area (Å²) in [6, 6.07) is 7.44. The van der Waals surface area contributed by atoms with Crippen LogP contribution in [-0.2, 0) is 19.5 Å². The monoisotopic (exact) mass is 342 g/mol. The third-order valence-electron chi connectivity index (χ3n) is 3.62. The molecule has 1 amide bonds. The average Bonchev–Trinajstić information content (AvgIpc) is 3.22. The summed E-state index contributed by atoms with van der Waals surface area (Å²) in [6.07, 6.45) is 0.909. The van der Waals surface area contributed by atoms with Crippen LogP contribution >= 0.6 is 11.3 Å². The van der Waals surface area contributed by atoms with E-state index in [2.05, 4.69) is 32.7 Å². The lowest BCUT2D eigenvalue weighted by Crippen LogP contribution is -2.22. The largest absolute Gasteiger partial charge is 0.346 e. The third-order valence-corrected chi connectivity index (χ3v) is 4.52. The number of carbonyl (C=O) groups is 1. The summed E-state index contributed by atoms with van der Waals surface area (Å²) < 4.78 is 1.71. The number of hydrogen-bond acceptors (Lipinski definition) is 6. The first kappa shape index (κ1) is 16.3. The standard InChI is InChI=1S/C16H18N6OS/c1-3-14-10-24-15(18-14)8-17-16(23)13-6-4-12(5-7-13)9-22-11(2)19-20-21-22/h4-7,10H,3,8-9H2,1-2H3,(H,17,23). The molecule has 0 aliphatic rings. The van der Waals surface area contributed by atoms with Gasteiger partial charge < -0.3 is 5.32 Å². The van der Waals surface area contributed by atoms with E-state index in [0.29, 0.717) is 18.7 Å². The van der Waals surface area contributed by atoms with Crippen LogP contribution in [0.2, 0.25) is 0 Å². The molecule has 2 aromatic heterocycles. The van der Waals surface area contributed by atoms with E-state index in [1.165, 1.54) is 0 Å². The maximum atomic E-state index is 12.2. The first-order valence-corrected chi connectivity index (χ1v) is 8.57. The number of rotatable bonds is 6. The number of hydrogen-bond donors (Lipinski definition) is 1. The van der Waals surface area contributed by atoms with Crippen LogP contribution in [0.3, 0.4) is 0 Å². The summed E-state index contributed by atoms with van der Waals surface area (Å²) in [6.45, 7) is 4.95. The summed E-state index contributed by atoms with van der Waals surface area (Å²) >= 11 is 1.57. The highest BCUT2D eigenvalue weighted by Gasteiger charge is 2.08. The number of tetrazole rings is 1. The van der Waals surface area contributed by atoms with Gasteiger partial charge in [0.15, 0.2) is 0 Å². The van der Waals surface area contributed by atoms with Crippen molar-refractivity contribution in [1.82, 2.24) is 30.5 Å². The molecule has 0 fully saturated rings. The first-order chi connectivity index (χ1) is 11.7. The van der Waals surface area contributed by atoms with E-state index < -0.39 is 0 Å². The van der Waals surface area contributed by atoms with E-state index in [1.54, 1.807) is 16.0 Å². The molecule has 0 aliphatic carbocycles. The molecule has 0 bridgehead atoms. The molecule has 7 nitrogen and oxygen atoms in total. The molecule has 3 aromatic rings. The normalized spacial score (nSPS) is 10.8. The predicted octanol–water partition coefficient (Wildman–Crippen LogP) is 1.98. The van der Waals surface area contributed by atoms with Crippen molar-refractivity contribution in [2.75, 3.05) is 0 Å². The van der Waals surface area contributed by atoms with Gasteiger partial charge in [-0.15, -0.1) is 16.4 Å². The van der Waals surface area contributed by atoms with Crippen molar-refractivity contribution in [3.05, 3.63) is 57.3 Å². The van der Waals surface area contributed by atoms with Crippen LogP contribution in [0.1, 0.15) is 39.4 Å². The number of aromatic nitrogens is 5. The van der Waals surface area contributed by atoms with Crippen molar-refractivity contribution in [3.63, 3.8) is 0 Å². The number of thiazole rings is 1. The lowest BCUT2D eigenvalue weighted by atomic mass is 10.1. The Morgan fingerprint density at radius 3 is 2.71 bits per heavy atom. The summed E-state index contributed by atoms with van der Waals surface area (Å²) in [4.78, 5) is 16.6. The van der Waals surface area contributed by atoms with E-state index in [0.717, 1.165) is 28.5 Å². The predicted molar refractivity (Wildman–Crippen MR) is 90.8 cm³/mol. The summed E-state index contributed by atoms with van der Waals surface area (Å²) in [5, 5.41) is 17.2. The van der Waals surface area contributed by atoms with Gasteiger partial charge in [0.25, 0.3) is 5.91 Å². The highest BCUT2D eigenvalue weighted by atomic mass is 32.1. The van der Waals surface area contributed by atoms with E-state index in [9.17, 15) is 4.79 Å². The molecule has 0 saturated heterocycles. The Morgan fingerprint density at radius 2 is 2.08 bits per heavy atom. The van der Waals surface area contributed by atoms with E-state index in [-0.39, 0.29) is 5.91 Å². The Balaban J connectivity index is 1.58. The van der Waals surface area contributed by atoms with Gasteiger partial charge in [0.2, 0.25) is 0 Å². The minimum absolute atomic E-state index is 0.103. The van der Waals surface area contributed by atoms with Crippen molar-refractivity contribution >= 4 is 17.2 Å². The van der Waals surface area contributed by atoms with Gasteiger partial charge in [-0.2, -0.15) is 0 Å². The van der Waals surface area contributed by atoms with Crippen LogP contribution in [0.25, 0.3) is 0 Å². The molecule has 0 radical (unpaired) electrons. The zero-order valence-corrected chi connectivity index (χ0v) is 14.4. The fraction of sp³-hybridized carbons (Fsp3) is 0.312. The topological polar surface area (TPSA) is 85.6 Å². The van der Waals surface area contributed by atoms with E-state index in [1.807, 2.05) is 36.6 Å². The maximum absolute atomic E-state index is 12.2. The molecule has 3 rings (SSSR count). The Bertz CT molecular complexity index is 823. The molecule has 0 aliphatic heterocycles. The zero-order chi connectivity index (χ0) is 16.9. The number of aryl methyl sites for hydroxylation is 2. The second kappa shape index (κ2) is 7.31. The molecule has 0 spiro atoms. The van der Waals surface area contributed by atoms with Crippen LogP contribution < -0.4 is 5.32 Å². The van der Waals surface area contributed by atoms with Crippen LogP contribution in [0.5, 0.6) is 0 Å². The van der Waals surface area contributed by atoms with E-state index >= 15 is 0 Å². The summed E-state index contributed by atoms with van der Waals surface area (Å²) in [5.74, 6) is 0.653. The Kier molecular flexibility index (Phi) is 4.95. The van der Waals surface area contributed by atoms with Crippen LogP contribution in [0.15, 0.2) is 29.6 Å². The Labute approximate surface area is 143 Å². The maximum Gasteiger partial charge on any atom is 0.251 e. The van der Waals surface area contributed by atoms with E-state index in [4.69, 9.17) is 0 Å². The zero-order valence-electron chi connectivity index (χ0n) is 13.6. The van der Waals surface area contributed by atoms with Gasteiger partial charge in [0.05, 0.1) is 18.8 Å². The fourth-order valence-corrected chi connectivity index (χ4v) is 3.00. The number of benzene rings is 1. The minimum atomic E-state index is -0.103. The van der Waals surface area contributed by atoms with Gasteiger partial charge in [0, 0.05) is 10.9 Å². The van der Waals surface area contributed by atoms with Crippen molar-refractivity contribution in [2.24, 2.45) is 0 Å². The molecular formula is C16H18N6OS. The number of amides is 1. The Morgan fingerprint density at radius 1 is 1.29 bits per heavy atom. The van der Waals surface area contributed by atoms with Crippen molar-refractivity contribution in [3.8, 4) is 0 Å². The quantitative estimate of drug-likeness (QED) is 0.740. The van der Waals surface area contributed by atoms with Crippen LogP contribution in [0, 0.1) is 6.92 Å².